The van der Waals surface area contributed by atoms with Gasteiger partial charge in [0.15, 0.2) is 0 Å². The van der Waals surface area contributed by atoms with Crippen LogP contribution < -0.4 is 5.19 Å². The molecule has 0 nitrogen and oxygen atoms in total. The van der Waals surface area contributed by atoms with Crippen LogP contribution in [0.4, 0.5) is 0 Å². The minimum atomic E-state index is 0.548. The van der Waals surface area contributed by atoms with Crippen molar-refractivity contribution in [1.29, 1.82) is 0 Å². The third-order valence-electron chi connectivity index (χ3n) is 2.88. The molecule has 1 fully saturated rings. The molecule has 1 aromatic carbocycles. The summed E-state index contributed by atoms with van der Waals surface area (Å²) in [7, 11) is 0.548. The molecule has 0 unspecified atom stereocenters. The van der Waals surface area contributed by atoms with E-state index >= 15 is 0 Å². The van der Waals surface area contributed by atoms with Gasteiger partial charge in [-0.15, -0.1) is 0 Å². The molecule has 0 N–H and O–H groups in total. The Bertz CT molecular complexity index is 237. The average molecular weight is 189 g/mol. The Morgan fingerprint density at radius 1 is 0.923 bits per heavy atom. The predicted molar refractivity (Wildman–Crippen MR) is 60.1 cm³/mol. The van der Waals surface area contributed by atoms with Crippen molar-refractivity contribution in [2.75, 3.05) is 0 Å². The quantitative estimate of drug-likeness (QED) is 0.627. The van der Waals surface area contributed by atoms with Crippen molar-refractivity contribution in [3.63, 3.8) is 0 Å². The van der Waals surface area contributed by atoms with E-state index in [-0.39, 0.29) is 0 Å². The van der Waals surface area contributed by atoms with Gasteiger partial charge in [-0.2, -0.15) is 0 Å². The SMILES string of the molecule is c1ccc([SiH]C2CCCCC2)cc1. The molecule has 13 heavy (non-hydrogen) atoms. The van der Waals surface area contributed by atoms with Crippen LogP contribution in [0.15, 0.2) is 30.3 Å². The molecule has 0 bridgehead atoms. The third kappa shape index (κ3) is 2.70. The third-order valence-corrected chi connectivity index (χ3v) is 4.79. The first-order valence-corrected chi connectivity index (χ1v) is 6.59. The summed E-state index contributed by atoms with van der Waals surface area (Å²) in [5.41, 5.74) is 1.05. The molecule has 0 spiro atoms. The lowest BCUT2D eigenvalue weighted by Gasteiger charge is -2.20. The summed E-state index contributed by atoms with van der Waals surface area (Å²) in [6, 6.07) is 11.0. The summed E-state index contributed by atoms with van der Waals surface area (Å²) in [6.45, 7) is 0. The van der Waals surface area contributed by atoms with Gasteiger partial charge in [-0.3, -0.25) is 0 Å². The van der Waals surface area contributed by atoms with Crippen LogP contribution in [0.3, 0.4) is 0 Å². The lowest BCUT2D eigenvalue weighted by atomic mass is 10.0. The molecular weight excluding hydrogens is 172 g/mol. The molecule has 1 heteroatoms. The zero-order valence-electron chi connectivity index (χ0n) is 8.08. The van der Waals surface area contributed by atoms with Crippen molar-refractivity contribution in [3.8, 4) is 0 Å². The fourth-order valence-electron chi connectivity index (χ4n) is 2.14. The van der Waals surface area contributed by atoms with E-state index in [1.165, 1.54) is 32.1 Å². The van der Waals surface area contributed by atoms with Crippen LogP contribution in [-0.4, -0.2) is 9.52 Å². The average Bonchev–Trinajstić information content (AvgIpc) is 2.21. The van der Waals surface area contributed by atoms with Crippen molar-refractivity contribution in [3.05, 3.63) is 30.3 Å². The number of rotatable bonds is 2. The molecule has 1 aliphatic rings. The van der Waals surface area contributed by atoms with Gasteiger partial charge < -0.3 is 0 Å². The van der Waals surface area contributed by atoms with Gasteiger partial charge >= 0.3 is 0 Å². The van der Waals surface area contributed by atoms with E-state index in [2.05, 4.69) is 30.3 Å². The number of hydrogen-bond acceptors (Lipinski definition) is 0. The van der Waals surface area contributed by atoms with E-state index in [1.807, 2.05) is 0 Å². The molecule has 1 radical (unpaired) electrons. The number of benzene rings is 1. The van der Waals surface area contributed by atoms with Gasteiger partial charge in [0.25, 0.3) is 0 Å². The standard InChI is InChI=1S/C12H17Si/c1-3-7-11(8-4-1)13-12-9-5-2-6-10-12/h1,3-4,7-8,12-13H,2,5-6,9-10H2. The molecule has 0 aliphatic heterocycles. The summed E-state index contributed by atoms with van der Waals surface area (Å²) >= 11 is 0. The summed E-state index contributed by atoms with van der Waals surface area (Å²) in [4.78, 5) is 0. The van der Waals surface area contributed by atoms with E-state index in [9.17, 15) is 0 Å². The molecule has 1 saturated carbocycles. The minimum absolute atomic E-state index is 0.548. The van der Waals surface area contributed by atoms with Crippen LogP contribution in [0.5, 0.6) is 0 Å². The van der Waals surface area contributed by atoms with Gasteiger partial charge in [0.1, 0.15) is 0 Å². The normalized spacial score (nSPS) is 18.8. The van der Waals surface area contributed by atoms with Crippen molar-refractivity contribution >= 4 is 14.7 Å². The maximum absolute atomic E-state index is 2.30. The van der Waals surface area contributed by atoms with E-state index in [1.54, 1.807) is 5.19 Å². The predicted octanol–water partition coefficient (Wildman–Crippen LogP) is 2.50. The van der Waals surface area contributed by atoms with Gasteiger partial charge in [-0.1, -0.05) is 67.6 Å². The van der Waals surface area contributed by atoms with Gasteiger partial charge in [0.05, 0.1) is 9.52 Å². The van der Waals surface area contributed by atoms with Crippen molar-refractivity contribution < 1.29 is 0 Å². The lowest BCUT2D eigenvalue weighted by molar-refractivity contribution is 0.502. The Morgan fingerprint density at radius 3 is 2.31 bits per heavy atom. The van der Waals surface area contributed by atoms with Gasteiger partial charge in [0.2, 0.25) is 0 Å². The summed E-state index contributed by atoms with van der Waals surface area (Å²) in [5.74, 6) is 0. The molecular formula is C12H17Si. The molecule has 0 atom stereocenters. The smallest absolute Gasteiger partial charge is 0.0654 e. The Labute approximate surface area is 83.2 Å². The first-order valence-electron chi connectivity index (χ1n) is 5.35. The highest BCUT2D eigenvalue weighted by Crippen LogP contribution is 2.27. The first kappa shape index (κ1) is 9.01. The van der Waals surface area contributed by atoms with E-state index in [0.717, 1.165) is 5.54 Å². The Morgan fingerprint density at radius 2 is 1.62 bits per heavy atom. The molecule has 0 saturated heterocycles. The monoisotopic (exact) mass is 189 g/mol. The van der Waals surface area contributed by atoms with E-state index < -0.39 is 0 Å². The van der Waals surface area contributed by atoms with Crippen LogP contribution in [0.25, 0.3) is 0 Å². The lowest BCUT2D eigenvalue weighted by Crippen LogP contribution is -2.20. The van der Waals surface area contributed by atoms with Gasteiger partial charge in [0, 0.05) is 0 Å². The molecule has 0 heterocycles. The molecule has 1 aliphatic carbocycles. The van der Waals surface area contributed by atoms with Crippen LogP contribution in [-0.2, 0) is 0 Å². The zero-order chi connectivity index (χ0) is 8.93. The van der Waals surface area contributed by atoms with Crippen LogP contribution in [0.1, 0.15) is 32.1 Å². The second-order valence-corrected chi connectivity index (χ2v) is 5.92. The molecule has 0 aromatic heterocycles. The van der Waals surface area contributed by atoms with Gasteiger partial charge in [-0.25, -0.2) is 0 Å². The van der Waals surface area contributed by atoms with Crippen LogP contribution in [0.2, 0.25) is 5.54 Å². The largest absolute Gasteiger partial charge is 0.0700 e. The van der Waals surface area contributed by atoms with Crippen LogP contribution >= 0.6 is 0 Å². The number of hydrogen-bond donors (Lipinski definition) is 0. The molecule has 2 rings (SSSR count). The molecule has 1 aromatic rings. The fraction of sp³-hybridized carbons (Fsp3) is 0.500. The summed E-state index contributed by atoms with van der Waals surface area (Å²) < 4.78 is 0. The highest BCUT2D eigenvalue weighted by Gasteiger charge is 2.13. The topological polar surface area (TPSA) is 0 Å². The maximum Gasteiger partial charge on any atom is 0.0700 e. The highest BCUT2D eigenvalue weighted by atomic mass is 28.2. The van der Waals surface area contributed by atoms with Gasteiger partial charge in [-0.05, 0) is 5.54 Å². The van der Waals surface area contributed by atoms with Crippen LogP contribution in [0, 0.1) is 0 Å². The zero-order valence-corrected chi connectivity index (χ0v) is 9.23. The van der Waals surface area contributed by atoms with Crippen molar-refractivity contribution in [2.24, 2.45) is 0 Å². The van der Waals surface area contributed by atoms with E-state index in [4.69, 9.17) is 0 Å². The second-order valence-electron chi connectivity index (χ2n) is 3.98. The second kappa shape index (κ2) is 4.61. The minimum Gasteiger partial charge on any atom is -0.0654 e. The maximum atomic E-state index is 2.30. The van der Waals surface area contributed by atoms with E-state index in [0.29, 0.717) is 9.52 Å². The van der Waals surface area contributed by atoms with Crippen molar-refractivity contribution in [1.82, 2.24) is 0 Å². The summed E-state index contributed by atoms with van der Waals surface area (Å²) in [6.07, 6.45) is 7.41. The highest BCUT2D eigenvalue weighted by molar-refractivity contribution is 6.54. The Hall–Kier alpha value is -0.563. The Balaban J connectivity index is 1.90. The first-order chi connectivity index (χ1) is 6.45. The van der Waals surface area contributed by atoms with Crippen molar-refractivity contribution in [2.45, 2.75) is 37.6 Å². The fourth-order valence-corrected chi connectivity index (χ4v) is 3.93. The Kier molecular flexibility index (Phi) is 3.20. The summed E-state index contributed by atoms with van der Waals surface area (Å²) in [5, 5.41) is 1.61. The molecule has 0 amide bonds. The molecule has 69 valence electrons.